The van der Waals surface area contributed by atoms with Crippen LogP contribution in [0.1, 0.15) is 34.6 Å². The van der Waals surface area contributed by atoms with Crippen LogP contribution in [0.2, 0.25) is 18.1 Å². The molecular weight excluding hydrogens is 204 g/mol. The summed E-state index contributed by atoms with van der Waals surface area (Å²) in [6.45, 7) is 14.2. The number of rotatable bonds is 3. The van der Waals surface area contributed by atoms with Crippen molar-refractivity contribution in [2.75, 3.05) is 0 Å². The molecule has 0 heterocycles. The Kier molecular flexibility index (Phi) is 4.76. The number of carbonyl (C=O) groups excluding carboxylic acids is 1. The zero-order valence-corrected chi connectivity index (χ0v) is 11.9. The van der Waals surface area contributed by atoms with Gasteiger partial charge in [-0.15, -0.1) is 0 Å². The van der Waals surface area contributed by atoms with E-state index in [0.717, 1.165) is 0 Å². The predicted molar refractivity (Wildman–Crippen MR) is 66.2 cm³/mol. The van der Waals surface area contributed by atoms with Crippen LogP contribution < -0.4 is 0 Å². The average Bonchev–Trinajstić information content (AvgIpc) is 2.01. The predicted octanol–water partition coefficient (Wildman–Crippen LogP) is 2.99. The van der Waals surface area contributed by atoms with E-state index in [1.54, 1.807) is 13.8 Å². The van der Waals surface area contributed by atoms with E-state index in [9.17, 15) is 4.79 Å². The molecule has 86 valence electrons. The lowest BCUT2D eigenvalue weighted by Gasteiger charge is -2.37. The molecule has 0 fully saturated rings. The summed E-state index contributed by atoms with van der Waals surface area (Å²) in [5.74, 6) is 5.01. The molecule has 1 atom stereocenters. The molecule has 0 amide bonds. The molecule has 0 aromatic carbocycles. The second kappa shape index (κ2) is 4.96. The highest BCUT2D eigenvalue weighted by Gasteiger charge is 2.39. The van der Waals surface area contributed by atoms with Gasteiger partial charge in [-0.3, -0.25) is 4.79 Å². The van der Waals surface area contributed by atoms with Crippen molar-refractivity contribution in [2.45, 2.75) is 58.9 Å². The minimum Gasteiger partial charge on any atom is -0.406 e. The summed E-state index contributed by atoms with van der Waals surface area (Å²) in [7, 11) is -1.85. The highest BCUT2D eigenvalue weighted by Crippen LogP contribution is 2.37. The van der Waals surface area contributed by atoms with Crippen LogP contribution in [-0.2, 0) is 9.22 Å². The van der Waals surface area contributed by atoms with Gasteiger partial charge in [0.2, 0.25) is 5.78 Å². The lowest BCUT2D eigenvalue weighted by atomic mass is 10.2. The first-order chi connectivity index (χ1) is 6.62. The molecule has 0 saturated heterocycles. The molecule has 2 nitrogen and oxygen atoms in total. The van der Waals surface area contributed by atoms with E-state index in [4.69, 9.17) is 4.43 Å². The molecule has 3 heteroatoms. The Morgan fingerprint density at radius 3 is 2.13 bits per heavy atom. The lowest BCUT2D eigenvalue weighted by molar-refractivity contribution is -0.119. The van der Waals surface area contributed by atoms with Crippen molar-refractivity contribution in [3.05, 3.63) is 0 Å². The highest BCUT2D eigenvalue weighted by atomic mass is 28.4. The summed E-state index contributed by atoms with van der Waals surface area (Å²) < 4.78 is 5.90. The number of Topliss-reactive ketones (excluding diaryl/α,β-unsaturated/α-hetero) is 1. The van der Waals surface area contributed by atoms with Gasteiger partial charge < -0.3 is 4.43 Å². The van der Waals surface area contributed by atoms with Crippen LogP contribution in [-0.4, -0.2) is 20.2 Å². The molecule has 0 aromatic heterocycles. The van der Waals surface area contributed by atoms with Crippen molar-refractivity contribution in [3.63, 3.8) is 0 Å². The summed E-state index contributed by atoms with van der Waals surface area (Å²) >= 11 is 0. The first-order valence-corrected chi connectivity index (χ1v) is 8.17. The molecular formula is C12H22O2Si. The van der Waals surface area contributed by atoms with Crippen molar-refractivity contribution in [1.29, 1.82) is 0 Å². The molecule has 0 radical (unpaired) electrons. The van der Waals surface area contributed by atoms with Gasteiger partial charge in [0.25, 0.3) is 0 Å². The SMILES string of the molecule is CC#CC(=O)[C@H](C)O[Si](C)(C)C(C)(C)C. The van der Waals surface area contributed by atoms with E-state index in [0.29, 0.717) is 0 Å². The third kappa shape index (κ3) is 4.19. The van der Waals surface area contributed by atoms with Crippen LogP contribution in [0.5, 0.6) is 0 Å². The van der Waals surface area contributed by atoms with Gasteiger partial charge in [0.1, 0.15) is 6.10 Å². The topological polar surface area (TPSA) is 26.3 Å². The maximum Gasteiger partial charge on any atom is 0.232 e. The van der Waals surface area contributed by atoms with Crippen LogP contribution >= 0.6 is 0 Å². The van der Waals surface area contributed by atoms with Crippen LogP contribution in [0.25, 0.3) is 0 Å². The van der Waals surface area contributed by atoms with Crippen LogP contribution in [0.3, 0.4) is 0 Å². The summed E-state index contributed by atoms with van der Waals surface area (Å²) in [5, 5.41) is 0.126. The summed E-state index contributed by atoms with van der Waals surface area (Å²) in [6, 6.07) is 0. The third-order valence-corrected chi connectivity index (χ3v) is 7.45. The Hall–Kier alpha value is -0.593. The summed E-state index contributed by atoms with van der Waals surface area (Å²) in [6.07, 6.45) is -0.404. The third-order valence-electron chi connectivity index (χ3n) is 2.90. The van der Waals surface area contributed by atoms with Gasteiger partial charge in [0, 0.05) is 0 Å². The van der Waals surface area contributed by atoms with E-state index in [-0.39, 0.29) is 10.8 Å². The fraction of sp³-hybridized carbons (Fsp3) is 0.750. The molecule has 0 aliphatic heterocycles. The second-order valence-electron chi connectivity index (χ2n) is 5.26. The molecule has 15 heavy (non-hydrogen) atoms. The van der Waals surface area contributed by atoms with Gasteiger partial charge in [0.05, 0.1) is 0 Å². The molecule has 0 spiro atoms. The molecule has 0 bridgehead atoms. The Bertz CT molecular complexity index is 289. The quantitative estimate of drug-likeness (QED) is 0.420. The van der Waals surface area contributed by atoms with E-state index in [1.807, 2.05) is 0 Å². The standard InChI is InChI=1S/C12H22O2Si/c1-8-9-11(13)10(2)14-15(6,7)12(3,4)5/h10H,1-7H3/t10-/m0/s1. The second-order valence-corrected chi connectivity index (χ2v) is 10.0. The Morgan fingerprint density at radius 2 is 1.80 bits per heavy atom. The van der Waals surface area contributed by atoms with Crippen LogP contribution in [0.15, 0.2) is 0 Å². The molecule has 0 N–H and O–H groups in total. The largest absolute Gasteiger partial charge is 0.406 e. The maximum absolute atomic E-state index is 11.5. The number of carbonyl (C=O) groups is 1. The van der Waals surface area contributed by atoms with Gasteiger partial charge in [-0.25, -0.2) is 0 Å². The van der Waals surface area contributed by atoms with Crippen molar-refractivity contribution in [2.24, 2.45) is 0 Å². The smallest absolute Gasteiger partial charge is 0.232 e. The minimum atomic E-state index is -1.85. The fourth-order valence-corrected chi connectivity index (χ4v) is 2.24. The normalized spacial score (nSPS) is 14.1. The summed E-state index contributed by atoms with van der Waals surface area (Å²) in [5.41, 5.74) is 0. The molecule has 0 saturated carbocycles. The first kappa shape index (κ1) is 14.4. The van der Waals surface area contributed by atoms with Crippen LogP contribution in [0.4, 0.5) is 0 Å². The lowest BCUT2D eigenvalue weighted by Crippen LogP contribution is -2.45. The molecule has 0 aliphatic rings. The van der Waals surface area contributed by atoms with E-state index in [2.05, 4.69) is 45.7 Å². The Balaban J connectivity index is 4.59. The van der Waals surface area contributed by atoms with E-state index >= 15 is 0 Å². The maximum atomic E-state index is 11.5. The minimum absolute atomic E-state index is 0.123. The van der Waals surface area contributed by atoms with Gasteiger partial charge in [-0.2, -0.15) is 0 Å². The number of ketones is 1. The van der Waals surface area contributed by atoms with Crippen molar-refractivity contribution >= 4 is 14.1 Å². The number of hydrogen-bond acceptors (Lipinski definition) is 2. The highest BCUT2D eigenvalue weighted by molar-refractivity contribution is 6.74. The first-order valence-electron chi connectivity index (χ1n) is 5.26. The summed E-state index contributed by atoms with van der Waals surface area (Å²) in [4.78, 5) is 11.5. The molecule has 0 rings (SSSR count). The molecule has 0 aromatic rings. The van der Waals surface area contributed by atoms with E-state index < -0.39 is 14.4 Å². The zero-order valence-electron chi connectivity index (χ0n) is 10.9. The average molecular weight is 226 g/mol. The number of hydrogen-bond donors (Lipinski definition) is 0. The van der Waals surface area contributed by atoms with Gasteiger partial charge >= 0.3 is 0 Å². The van der Waals surface area contributed by atoms with E-state index in [1.165, 1.54) is 0 Å². The van der Waals surface area contributed by atoms with Crippen molar-refractivity contribution in [1.82, 2.24) is 0 Å². The fourth-order valence-electron chi connectivity index (χ4n) is 0.897. The Labute approximate surface area is 94.5 Å². The van der Waals surface area contributed by atoms with Crippen molar-refractivity contribution in [3.8, 4) is 11.8 Å². The van der Waals surface area contributed by atoms with Crippen molar-refractivity contribution < 1.29 is 9.22 Å². The van der Waals surface area contributed by atoms with Crippen LogP contribution in [0, 0.1) is 11.8 Å². The Morgan fingerprint density at radius 1 is 1.33 bits per heavy atom. The zero-order chi connectivity index (χ0) is 12.3. The van der Waals surface area contributed by atoms with Gasteiger partial charge in [0.15, 0.2) is 8.32 Å². The molecule has 0 unspecified atom stereocenters. The van der Waals surface area contributed by atoms with Gasteiger partial charge in [-0.1, -0.05) is 26.7 Å². The monoisotopic (exact) mass is 226 g/mol. The molecule has 0 aliphatic carbocycles. The van der Waals surface area contributed by atoms with Gasteiger partial charge in [-0.05, 0) is 37.9 Å².